The zero-order valence-electron chi connectivity index (χ0n) is 11.8. The highest BCUT2D eigenvalue weighted by atomic mass is 19.1. The SMILES string of the molecule is CN(Cc1ccccc1F)C(=O)[C@@H]1[C@H](C(=O)O)C1(C)C. The van der Waals surface area contributed by atoms with E-state index in [0.29, 0.717) is 5.56 Å². The number of amides is 1. The molecule has 1 aliphatic carbocycles. The van der Waals surface area contributed by atoms with Gasteiger partial charge in [-0.25, -0.2) is 4.39 Å². The molecular formula is C15H18FNO3. The van der Waals surface area contributed by atoms with Crippen LogP contribution in [0.25, 0.3) is 0 Å². The Hall–Kier alpha value is -1.91. The van der Waals surface area contributed by atoms with Gasteiger partial charge in [-0.15, -0.1) is 0 Å². The minimum atomic E-state index is -0.951. The van der Waals surface area contributed by atoms with Gasteiger partial charge in [-0.2, -0.15) is 0 Å². The molecule has 0 aromatic heterocycles. The van der Waals surface area contributed by atoms with Crippen LogP contribution in [0.2, 0.25) is 0 Å². The van der Waals surface area contributed by atoms with Gasteiger partial charge in [-0.05, 0) is 11.5 Å². The summed E-state index contributed by atoms with van der Waals surface area (Å²) in [6.45, 7) is 3.68. The lowest BCUT2D eigenvalue weighted by Crippen LogP contribution is -2.30. The van der Waals surface area contributed by atoms with Crippen LogP contribution in [0.15, 0.2) is 24.3 Å². The summed E-state index contributed by atoms with van der Waals surface area (Å²) in [4.78, 5) is 24.8. The summed E-state index contributed by atoms with van der Waals surface area (Å²) in [5, 5.41) is 9.09. The highest BCUT2D eigenvalue weighted by Gasteiger charge is 2.66. The van der Waals surface area contributed by atoms with Crippen LogP contribution < -0.4 is 0 Å². The molecule has 1 N–H and O–H groups in total. The summed E-state index contributed by atoms with van der Waals surface area (Å²) in [6.07, 6.45) is 0. The molecule has 1 fully saturated rings. The number of benzene rings is 1. The first kappa shape index (κ1) is 14.5. The van der Waals surface area contributed by atoms with Gasteiger partial charge < -0.3 is 10.0 Å². The van der Waals surface area contributed by atoms with Crippen LogP contribution in [0.1, 0.15) is 19.4 Å². The molecular weight excluding hydrogens is 261 g/mol. The summed E-state index contributed by atoms with van der Waals surface area (Å²) in [5.74, 6) is -2.75. The Bertz CT molecular complexity index is 556. The number of carbonyl (C=O) groups is 2. The highest BCUT2D eigenvalue weighted by molar-refractivity contribution is 5.91. The Morgan fingerprint density at radius 3 is 2.40 bits per heavy atom. The third-order valence-electron chi connectivity index (χ3n) is 4.10. The van der Waals surface area contributed by atoms with E-state index >= 15 is 0 Å². The predicted molar refractivity (Wildman–Crippen MR) is 71.3 cm³/mol. The molecule has 1 aromatic carbocycles. The van der Waals surface area contributed by atoms with E-state index in [1.807, 2.05) is 0 Å². The van der Waals surface area contributed by atoms with Crippen LogP contribution in [-0.4, -0.2) is 28.9 Å². The molecule has 20 heavy (non-hydrogen) atoms. The molecule has 1 amide bonds. The third-order valence-corrected chi connectivity index (χ3v) is 4.10. The monoisotopic (exact) mass is 279 g/mol. The molecule has 108 valence electrons. The molecule has 2 atom stereocenters. The summed E-state index contributed by atoms with van der Waals surface area (Å²) >= 11 is 0. The quantitative estimate of drug-likeness (QED) is 0.918. The second-order valence-electron chi connectivity index (χ2n) is 5.90. The molecule has 4 nitrogen and oxygen atoms in total. The van der Waals surface area contributed by atoms with Gasteiger partial charge in [0.2, 0.25) is 5.91 Å². The number of rotatable bonds is 4. The summed E-state index contributed by atoms with van der Waals surface area (Å²) in [7, 11) is 1.57. The first-order chi connectivity index (χ1) is 9.26. The number of halogens is 1. The summed E-state index contributed by atoms with van der Waals surface area (Å²) in [6, 6.07) is 6.25. The standard InChI is InChI=1S/C15H18FNO3/c1-15(2)11(12(15)14(19)20)13(18)17(3)8-9-6-4-5-7-10(9)16/h4-7,11-12H,8H2,1-3H3,(H,19,20)/t11-,12+/m0/s1. The zero-order chi connectivity index (χ0) is 15.1. The van der Waals surface area contributed by atoms with Crippen LogP contribution in [0.3, 0.4) is 0 Å². The lowest BCUT2D eigenvalue weighted by atomic mass is 10.1. The molecule has 0 bridgehead atoms. The molecule has 1 aliphatic rings. The van der Waals surface area contributed by atoms with Gasteiger partial charge in [0.05, 0.1) is 11.8 Å². The van der Waals surface area contributed by atoms with Crippen LogP contribution >= 0.6 is 0 Å². The Balaban J connectivity index is 2.08. The van der Waals surface area contributed by atoms with Crippen LogP contribution in [0.5, 0.6) is 0 Å². The first-order valence-electron chi connectivity index (χ1n) is 6.48. The molecule has 1 aromatic rings. The number of carbonyl (C=O) groups excluding carboxylic acids is 1. The highest BCUT2D eigenvalue weighted by Crippen LogP contribution is 2.58. The van der Waals surface area contributed by atoms with E-state index in [1.165, 1.54) is 11.0 Å². The van der Waals surface area contributed by atoms with Gasteiger partial charge in [0.25, 0.3) is 0 Å². The lowest BCUT2D eigenvalue weighted by molar-refractivity contribution is -0.141. The number of carboxylic acid groups (broad SMARTS) is 1. The van der Waals surface area contributed by atoms with Crippen LogP contribution in [-0.2, 0) is 16.1 Å². The number of carboxylic acids is 1. The van der Waals surface area contributed by atoms with Crippen molar-refractivity contribution in [2.45, 2.75) is 20.4 Å². The van der Waals surface area contributed by atoms with E-state index in [2.05, 4.69) is 0 Å². The zero-order valence-corrected chi connectivity index (χ0v) is 11.8. The Morgan fingerprint density at radius 1 is 1.30 bits per heavy atom. The minimum absolute atomic E-state index is 0.143. The van der Waals surface area contributed by atoms with Gasteiger partial charge in [-0.1, -0.05) is 32.0 Å². The van der Waals surface area contributed by atoms with Crippen molar-refractivity contribution < 1.29 is 19.1 Å². The molecule has 0 radical (unpaired) electrons. The number of aliphatic carboxylic acids is 1. The normalized spacial score (nSPS) is 23.2. The van der Waals surface area contributed by atoms with Crippen molar-refractivity contribution in [3.63, 3.8) is 0 Å². The fourth-order valence-corrected chi connectivity index (χ4v) is 2.76. The number of hydrogen-bond acceptors (Lipinski definition) is 2. The summed E-state index contributed by atoms with van der Waals surface area (Å²) in [5.41, 5.74) is -0.111. The van der Waals surface area contributed by atoms with E-state index in [1.54, 1.807) is 39.1 Å². The first-order valence-corrected chi connectivity index (χ1v) is 6.48. The van der Waals surface area contributed by atoms with Crippen molar-refractivity contribution in [1.82, 2.24) is 4.90 Å². The Morgan fingerprint density at radius 2 is 1.90 bits per heavy atom. The second-order valence-corrected chi connectivity index (χ2v) is 5.90. The van der Waals surface area contributed by atoms with Crippen LogP contribution in [0.4, 0.5) is 4.39 Å². The largest absolute Gasteiger partial charge is 0.481 e. The number of nitrogens with zero attached hydrogens (tertiary/aromatic N) is 1. The van der Waals surface area contributed by atoms with Gasteiger partial charge >= 0.3 is 5.97 Å². The Kier molecular flexibility index (Phi) is 3.54. The van der Waals surface area contributed by atoms with Crippen molar-refractivity contribution in [3.05, 3.63) is 35.6 Å². The van der Waals surface area contributed by atoms with Crippen LogP contribution in [0, 0.1) is 23.1 Å². The van der Waals surface area contributed by atoms with E-state index in [-0.39, 0.29) is 18.3 Å². The topological polar surface area (TPSA) is 57.6 Å². The summed E-state index contributed by atoms with van der Waals surface area (Å²) < 4.78 is 13.6. The van der Waals surface area contributed by atoms with Gasteiger partial charge in [-0.3, -0.25) is 9.59 Å². The molecule has 5 heteroatoms. The second kappa shape index (κ2) is 4.89. The maximum atomic E-state index is 13.6. The smallest absolute Gasteiger partial charge is 0.307 e. The van der Waals surface area contributed by atoms with Crippen molar-refractivity contribution in [1.29, 1.82) is 0 Å². The van der Waals surface area contributed by atoms with Crippen molar-refractivity contribution >= 4 is 11.9 Å². The molecule has 1 saturated carbocycles. The number of hydrogen-bond donors (Lipinski definition) is 1. The van der Waals surface area contributed by atoms with E-state index in [4.69, 9.17) is 5.11 Å². The maximum absolute atomic E-state index is 13.6. The van der Waals surface area contributed by atoms with Crippen molar-refractivity contribution in [2.75, 3.05) is 7.05 Å². The van der Waals surface area contributed by atoms with Crippen molar-refractivity contribution in [3.8, 4) is 0 Å². The van der Waals surface area contributed by atoms with Gasteiger partial charge in [0.15, 0.2) is 0 Å². The van der Waals surface area contributed by atoms with E-state index < -0.39 is 23.2 Å². The fourth-order valence-electron chi connectivity index (χ4n) is 2.76. The Labute approximate surface area is 117 Å². The molecule has 2 rings (SSSR count). The predicted octanol–water partition coefficient (Wildman–Crippen LogP) is 2.14. The molecule has 0 saturated heterocycles. The molecule has 0 spiro atoms. The minimum Gasteiger partial charge on any atom is -0.481 e. The van der Waals surface area contributed by atoms with Gasteiger partial charge in [0.1, 0.15) is 5.82 Å². The van der Waals surface area contributed by atoms with E-state index in [9.17, 15) is 14.0 Å². The van der Waals surface area contributed by atoms with E-state index in [0.717, 1.165) is 0 Å². The fraction of sp³-hybridized carbons (Fsp3) is 0.467. The molecule has 0 heterocycles. The molecule has 0 aliphatic heterocycles. The third kappa shape index (κ3) is 2.40. The lowest BCUT2D eigenvalue weighted by Gasteiger charge is -2.18. The molecule has 0 unspecified atom stereocenters. The maximum Gasteiger partial charge on any atom is 0.307 e. The van der Waals surface area contributed by atoms with Crippen molar-refractivity contribution in [2.24, 2.45) is 17.3 Å². The average molecular weight is 279 g/mol. The average Bonchev–Trinajstić information content (AvgIpc) is 2.94. The van der Waals surface area contributed by atoms with Gasteiger partial charge in [0, 0.05) is 19.2 Å².